The van der Waals surface area contributed by atoms with Crippen LogP contribution in [0.4, 0.5) is 0 Å². The van der Waals surface area contributed by atoms with Gasteiger partial charge in [0.15, 0.2) is 0 Å². The van der Waals surface area contributed by atoms with E-state index in [0.29, 0.717) is 0 Å². The summed E-state index contributed by atoms with van der Waals surface area (Å²) < 4.78 is 0. The van der Waals surface area contributed by atoms with Gasteiger partial charge >= 0.3 is 0 Å². The molecular formula is C6H14ClNO. The van der Waals surface area contributed by atoms with Gasteiger partial charge in [-0.2, -0.15) is 0 Å². The lowest BCUT2D eigenvalue weighted by Gasteiger charge is -2.19. The first kappa shape index (κ1) is 9.21. The van der Waals surface area contributed by atoms with Crippen molar-refractivity contribution in [3.63, 3.8) is 0 Å². The van der Waals surface area contributed by atoms with Crippen molar-refractivity contribution in [1.82, 2.24) is 5.32 Å². The number of aliphatic hydroxyl groups excluding tert-OH is 1. The molecule has 1 atom stereocenters. The van der Waals surface area contributed by atoms with E-state index in [1.165, 1.54) is 0 Å². The van der Waals surface area contributed by atoms with E-state index in [0.717, 1.165) is 13.1 Å². The SMILES string of the molecule is CC1(C)CNCC1O.Cl. The van der Waals surface area contributed by atoms with Crippen LogP contribution in [-0.4, -0.2) is 24.3 Å². The van der Waals surface area contributed by atoms with E-state index in [9.17, 15) is 5.11 Å². The van der Waals surface area contributed by atoms with Gasteiger partial charge in [0.2, 0.25) is 0 Å². The molecule has 0 aromatic carbocycles. The van der Waals surface area contributed by atoms with Gasteiger partial charge in [-0.1, -0.05) is 13.8 Å². The summed E-state index contributed by atoms with van der Waals surface area (Å²) in [5.41, 5.74) is 0.0972. The smallest absolute Gasteiger partial charge is 0.0727 e. The Morgan fingerprint density at radius 3 is 2.22 bits per heavy atom. The molecule has 0 bridgehead atoms. The number of aliphatic hydroxyl groups is 1. The number of halogens is 1. The monoisotopic (exact) mass is 151 g/mol. The Balaban J connectivity index is 0.000000640. The molecule has 2 N–H and O–H groups in total. The highest BCUT2D eigenvalue weighted by molar-refractivity contribution is 5.85. The van der Waals surface area contributed by atoms with E-state index in [2.05, 4.69) is 19.2 Å². The Morgan fingerprint density at radius 1 is 1.56 bits per heavy atom. The summed E-state index contributed by atoms with van der Waals surface area (Å²) >= 11 is 0. The first-order valence-corrected chi connectivity index (χ1v) is 3.02. The maximum absolute atomic E-state index is 9.19. The maximum Gasteiger partial charge on any atom is 0.0727 e. The van der Waals surface area contributed by atoms with E-state index in [1.54, 1.807) is 0 Å². The van der Waals surface area contributed by atoms with Gasteiger partial charge in [-0.05, 0) is 0 Å². The lowest BCUT2D eigenvalue weighted by Crippen LogP contribution is -2.26. The van der Waals surface area contributed by atoms with Crippen LogP contribution in [0.2, 0.25) is 0 Å². The summed E-state index contributed by atoms with van der Waals surface area (Å²) in [5, 5.41) is 12.3. The molecule has 0 aliphatic carbocycles. The van der Waals surface area contributed by atoms with Crippen molar-refractivity contribution in [2.24, 2.45) is 5.41 Å². The highest BCUT2D eigenvalue weighted by Crippen LogP contribution is 2.22. The zero-order chi connectivity index (χ0) is 6.20. The molecule has 0 aromatic rings. The largest absolute Gasteiger partial charge is 0.391 e. The molecular weight excluding hydrogens is 138 g/mol. The molecule has 9 heavy (non-hydrogen) atoms. The lowest BCUT2D eigenvalue weighted by molar-refractivity contribution is 0.0963. The van der Waals surface area contributed by atoms with Crippen LogP contribution in [0.3, 0.4) is 0 Å². The maximum atomic E-state index is 9.19. The Labute approximate surface area is 62.1 Å². The first-order chi connectivity index (χ1) is 3.63. The average Bonchev–Trinajstić information content (AvgIpc) is 1.86. The summed E-state index contributed by atoms with van der Waals surface area (Å²) in [6, 6.07) is 0. The van der Waals surface area contributed by atoms with Gasteiger partial charge < -0.3 is 10.4 Å². The summed E-state index contributed by atoms with van der Waals surface area (Å²) in [7, 11) is 0. The second kappa shape index (κ2) is 2.86. The van der Waals surface area contributed by atoms with E-state index in [1.807, 2.05) is 0 Å². The number of hydrogen-bond donors (Lipinski definition) is 2. The molecule has 2 nitrogen and oxygen atoms in total. The Hall–Kier alpha value is 0.210. The van der Waals surface area contributed by atoms with Crippen LogP contribution in [0.1, 0.15) is 13.8 Å². The van der Waals surface area contributed by atoms with E-state index in [4.69, 9.17) is 0 Å². The van der Waals surface area contributed by atoms with Crippen molar-refractivity contribution in [3.8, 4) is 0 Å². The van der Waals surface area contributed by atoms with Crippen molar-refractivity contribution in [3.05, 3.63) is 0 Å². The van der Waals surface area contributed by atoms with E-state index in [-0.39, 0.29) is 23.9 Å². The van der Waals surface area contributed by atoms with Gasteiger partial charge in [-0.15, -0.1) is 12.4 Å². The van der Waals surface area contributed by atoms with Crippen LogP contribution in [0.5, 0.6) is 0 Å². The summed E-state index contributed by atoms with van der Waals surface area (Å²) in [6.45, 7) is 5.83. The molecule has 1 heterocycles. The summed E-state index contributed by atoms with van der Waals surface area (Å²) in [6.07, 6.45) is -0.150. The van der Waals surface area contributed by atoms with Crippen LogP contribution in [-0.2, 0) is 0 Å². The average molecular weight is 152 g/mol. The topological polar surface area (TPSA) is 32.3 Å². The fourth-order valence-electron chi connectivity index (χ4n) is 0.925. The Morgan fingerprint density at radius 2 is 2.11 bits per heavy atom. The molecule has 1 fully saturated rings. The van der Waals surface area contributed by atoms with Crippen molar-refractivity contribution < 1.29 is 5.11 Å². The zero-order valence-corrected chi connectivity index (χ0v) is 6.66. The van der Waals surface area contributed by atoms with Crippen LogP contribution in [0.15, 0.2) is 0 Å². The third-order valence-corrected chi connectivity index (χ3v) is 1.82. The quantitative estimate of drug-likeness (QED) is 0.526. The minimum absolute atomic E-state index is 0. The van der Waals surface area contributed by atoms with Crippen LogP contribution < -0.4 is 5.32 Å². The first-order valence-electron chi connectivity index (χ1n) is 3.02. The fraction of sp³-hybridized carbons (Fsp3) is 1.00. The molecule has 0 radical (unpaired) electrons. The standard InChI is InChI=1S/C6H13NO.ClH/c1-6(2)4-7-3-5(6)8;/h5,7-8H,3-4H2,1-2H3;1H. The molecule has 0 saturated carbocycles. The lowest BCUT2D eigenvalue weighted by atomic mass is 9.90. The van der Waals surface area contributed by atoms with Gasteiger partial charge in [0, 0.05) is 18.5 Å². The third kappa shape index (κ3) is 1.81. The van der Waals surface area contributed by atoms with E-state index < -0.39 is 0 Å². The van der Waals surface area contributed by atoms with Crippen molar-refractivity contribution in [1.29, 1.82) is 0 Å². The Bertz CT molecular complexity index is 95.1. The molecule has 1 rings (SSSR count). The van der Waals surface area contributed by atoms with Crippen molar-refractivity contribution >= 4 is 12.4 Å². The highest BCUT2D eigenvalue weighted by atomic mass is 35.5. The van der Waals surface area contributed by atoms with Gasteiger partial charge in [0.1, 0.15) is 0 Å². The normalized spacial score (nSPS) is 31.7. The van der Waals surface area contributed by atoms with Gasteiger partial charge in [0.25, 0.3) is 0 Å². The van der Waals surface area contributed by atoms with Crippen LogP contribution in [0.25, 0.3) is 0 Å². The predicted octanol–water partition coefficient (Wildman–Crippen LogP) is 0.398. The summed E-state index contributed by atoms with van der Waals surface area (Å²) in [5.74, 6) is 0. The van der Waals surface area contributed by atoms with Crippen molar-refractivity contribution in [2.75, 3.05) is 13.1 Å². The molecule has 0 amide bonds. The highest BCUT2D eigenvalue weighted by Gasteiger charge is 2.32. The molecule has 1 aliphatic heterocycles. The van der Waals surface area contributed by atoms with E-state index >= 15 is 0 Å². The molecule has 0 spiro atoms. The number of β-amino-alcohol motifs (C(OH)–C–C–N with tert-alkyl or cyclic N) is 1. The second-order valence-corrected chi connectivity index (χ2v) is 3.14. The minimum Gasteiger partial charge on any atom is -0.391 e. The molecule has 3 heteroatoms. The number of rotatable bonds is 0. The van der Waals surface area contributed by atoms with Gasteiger partial charge in [-0.25, -0.2) is 0 Å². The van der Waals surface area contributed by atoms with Gasteiger partial charge in [-0.3, -0.25) is 0 Å². The second-order valence-electron chi connectivity index (χ2n) is 3.14. The molecule has 56 valence electrons. The minimum atomic E-state index is -0.150. The number of nitrogens with one attached hydrogen (secondary N) is 1. The third-order valence-electron chi connectivity index (χ3n) is 1.82. The van der Waals surface area contributed by atoms with Crippen LogP contribution >= 0.6 is 12.4 Å². The molecule has 0 aromatic heterocycles. The van der Waals surface area contributed by atoms with Crippen LogP contribution in [0, 0.1) is 5.41 Å². The summed E-state index contributed by atoms with van der Waals surface area (Å²) in [4.78, 5) is 0. The zero-order valence-electron chi connectivity index (χ0n) is 5.85. The van der Waals surface area contributed by atoms with Gasteiger partial charge in [0.05, 0.1) is 6.10 Å². The van der Waals surface area contributed by atoms with Crippen molar-refractivity contribution in [2.45, 2.75) is 20.0 Å². The molecule has 1 aliphatic rings. The molecule has 1 saturated heterocycles. The number of hydrogen-bond acceptors (Lipinski definition) is 2. The Kier molecular flexibility index (Phi) is 2.93. The molecule has 1 unspecified atom stereocenters. The fourth-order valence-corrected chi connectivity index (χ4v) is 0.925. The predicted molar refractivity (Wildman–Crippen MR) is 39.9 cm³/mol.